The van der Waals surface area contributed by atoms with E-state index in [0.717, 1.165) is 5.56 Å². The minimum absolute atomic E-state index is 0.0721. The third-order valence-electron chi connectivity index (χ3n) is 3.93. The van der Waals surface area contributed by atoms with E-state index in [1.807, 2.05) is 19.1 Å². The smallest absolute Gasteiger partial charge is 0.254 e. The topological polar surface area (TPSA) is 75.7 Å². The van der Waals surface area contributed by atoms with Crippen LogP contribution >= 0.6 is 0 Å². The fraction of sp³-hybridized carbons (Fsp3) is 0.300. The monoisotopic (exact) mass is 388 g/mol. The quantitative estimate of drug-likeness (QED) is 0.754. The van der Waals surface area contributed by atoms with Crippen molar-refractivity contribution >= 4 is 28.3 Å². The average molecular weight is 388 g/mol. The van der Waals surface area contributed by atoms with Gasteiger partial charge in [-0.1, -0.05) is 24.3 Å². The molecule has 0 fully saturated rings. The van der Waals surface area contributed by atoms with Gasteiger partial charge in [0.15, 0.2) is 0 Å². The van der Waals surface area contributed by atoms with Crippen molar-refractivity contribution in [3.8, 4) is 5.75 Å². The number of amides is 2. The van der Waals surface area contributed by atoms with Gasteiger partial charge in [0.1, 0.15) is 12.3 Å². The van der Waals surface area contributed by atoms with Crippen LogP contribution < -0.4 is 10.1 Å². The van der Waals surface area contributed by atoms with Crippen molar-refractivity contribution in [2.24, 2.45) is 0 Å². The Balaban J connectivity index is 2.08. The first-order valence-corrected chi connectivity index (χ1v) is 10.3. The summed E-state index contributed by atoms with van der Waals surface area (Å²) in [5.74, 6) is 0.402. The molecule has 0 aliphatic heterocycles. The van der Waals surface area contributed by atoms with Crippen molar-refractivity contribution in [1.29, 1.82) is 0 Å². The number of ether oxygens (including phenoxy) is 1. The Kier molecular flexibility index (Phi) is 7.55. The van der Waals surface area contributed by atoms with Crippen LogP contribution in [-0.4, -0.2) is 47.4 Å². The van der Waals surface area contributed by atoms with Gasteiger partial charge in [-0.3, -0.25) is 13.8 Å². The third-order valence-corrected chi connectivity index (χ3v) is 4.67. The molecule has 0 heterocycles. The van der Waals surface area contributed by atoms with Gasteiger partial charge in [0.25, 0.3) is 5.91 Å². The zero-order chi connectivity index (χ0) is 19.8. The van der Waals surface area contributed by atoms with Crippen LogP contribution in [0.3, 0.4) is 0 Å². The second kappa shape index (κ2) is 9.87. The first-order chi connectivity index (χ1) is 12.9. The van der Waals surface area contributed by atoms with Crippen molar-refractivity contribution < 1.29 is 18.5 Å². The van der Waals surface area contributed by atoms with Crippen LogP contribution in [-0.2, 0) is 21.3 Å². The maximum absolute atomic E-state index is 12.8. The van der Waals surface area contributed by atoms with Crippen LogP contribution in [0.2, 0.25) is 0 Å². The second-order valence-electron chi connectivity index (χ2n) is 5.99. The minimum Gasteiger partial charge on any atom is -0.495 e. The van der Waals surface area contributed by atoms with Gasteiger partial charge in [-0.2, -0.15) is 0 Å². The lowest BCUT2D eigenvalue weighted by molar-refractivity contribution is -0.116. The summed E-state index contributed by atoms with van der Waals surface area (Å²) in [6.45, 7) is 2.14. The highest BCUT2D eigenvalue weighted by Crippen LogP contribution is 2.23. The predicted molar refractivity (Wildman–Crippen MR) is 107 cm³/mol. The molecule has 7 heteroatoms. The molecule has 1 unspecified atom stereocenters. The zero-order valence-corrected chi connectivity index (χ0v) is 16.5. The summed E-state index contributed by atoms with van der Waals surface area (Å²) < 4.78 is 16.6. The molecule has 2 aromatic rings. The van der Waals surface area contributed by atoms with Gasteiger partial charge < -0.3 is 15.0 Å². The number of rotatable bonds is 8. The number of nitrogens with zero attached hydrogens (tertiary/aromatic N) is 1. The predicted octanol–water partition coefficient (Wildman–Crippen LogP) is 2.67. The van der Waals surface area contributed by atoms with E-state index in [-0.39, 0.29) is 18.4 Å². The largest absolute Gasteiger partial charge is 0.495 e. The lowest BCUT2D eigenvalue weighted by atomic mass is 10.1. The van der Waals surface area contributed by atoms with Gasteiger partial charge in [0.05, 0.1) is 12.8 Å². The molecule has 0 spiro atoms. The molecule has 2 rings (SSSR count). The normalized spacial score (nSPS) is 11.5. The molecule has 0 bridgehead atoms. The van der Waals surface area contributed by atoms with Crippen molar-refractivity contribution in [2.45, 2.75) is 12.7 Å². The van der Waals surface area contributed by atoms with Crippen molar-refractivity contribution in [3.63, 3.8) is 0 Å². The number of carbonyl (C=O) groups excluding carboxylic acids is 2. The number of para-hydroxylation sites is 2. The Bertz CT molecular complexity index is 838. The van der Waals surface area contributed by atoms with Gasteiger partial charge in [-0.25, -0.2) is 0 Å². The van der Waals surface area contributed by atoms with Gasteiger partial charge in [-0.05, 0) is 36.8 Å². The molecule has 1 N–H and O–H groups in total. The maximum Gasteiger partial charge on any atom is 0.254 e. The molecule has 0 saturated carbocycles. The summed E-state index contributed by atoms with van der Waals surface area (Å²) in [6, 6.07) is 14.1. The van der Waals surface area contributed by atoms with Crippen LogP contribution in [0.4, 0.5) is 5.69 Å². The van der Waals surface area contributed by atoms with E-state index in [1.54, 1.807) is 42.7 Å². The Morgan fingerprint density at radius 1 is 1.15 bits per heavy atom. The molecule has 1 atom stereocenters. The molecule has 2 amide bonds. The van der Waals surface area contributed by atoms with E-state index in [0.29, 0.717) is 29.3 Å². The number of benzene rings is 2. The fourth-order valence-electron chi connectivity index (χ4n) is 2.65. The Labute approximate surface area is 162 Å². The minimum atomic E-state index is -0.986. The number of methoxy groups -OCH3 is 1. The molecule has 0 aliphatic rings. The number of carbonyl (C=O) groups is 2. The number of hydrogen-bond acceptors (Lipinski definition) is 4. The van der Waals surface area contributed by atoms with E-state index in [9.17, 15) is 13.8 Å². The number of likely N-dealkylation sites (N-methyl/N-ethyl adjacent to an activating group) is 1. The highest BCUT2D eigenvalue weighted by Gasteiger charge is 2.18. The standard InChI is InChI=1S/C20H24N2O4S/c1-4-22(13-19(23)21-17-10-5-6-11-18(17)26-2)20(24)16-9-7-8-15(12-16)14-27(3)25/h5-12H,4,13-14H2,1-3H3,(H,21,23). The first kappa shape index (κ1) is 20.6. The number of anilines is 1. The van der Waals surface area contributed by atoms with Crippen molar-refractivity contribution in [2.75, 3.05) is 31.8 Å². The second-order valence-corrected chi connectivity index (χ2v) is 7.42. The van der Waals surface area contributed by atoms with E-state index < -0.39 is 10.8 Å². The summed E-state index contributed by atoms with van der Waals surface area (Å²) in [4.78, 5) is 26.6. The number of nitrogens with one attached hydrogen (secondary N) is 1. The van der Waals surface area contributed by atoms with Gasteiger partial charge in [0.2, 0.25) is 5.91 Å². The van der Waals surface area contributed by atoms with E-state index >= 15 is 0 Å². The molecule has 2 aromatic carbocycles. The highest BCUT2D eigenvalue weighted by atomic mass is 32.2. The zero-order valence-electron chi connectivity index (χ0n) is 15.7. The van der Waals surface area contributed by atoms with Crippen LogP contribution in [0.15, 0.2) is 48.5 Å². The van der Waals surface area contributed by atoms with E-state index in [4.69, 9.17) is 4.74 Å². The van der Waals surface area contributed by atoms with E-state index in [2.05, 4.69) is 5.32 Å². The van der Waals surface area contributed by atoms with Gasteiger partial charge >= 0.3 is 0 Å². The maximum atomic E-state index is 12.8. The van der Waals surface area contributed by atoms with Crippen molar-refractivity contribution in [1.82, 2.24) is 4.90 Å². The molecule has 0 saturated heterocycles. The van der Waals surface area contributed by atoms with Crippen molar-refractivity contribution in [3.05, 3.63) is 59.7 Å². The molecule has 6 nitrogen and oxygen atoms in total. The van der Waals surface area contributed by atoms with Gasteiger partial charge in [0, 0.05) is 34.9 Å². The molecule has 0 radical (unpaired) electrons. The molecular weight excluding hydrogens is 364 g/mol. The fourth-order valence-corrected chi connectivity index (χ4v) is 3.30. The first-order valence-electron chi connectivity index (χ1n) is 8.55. The Morgan fingerprint density at radius 2 is 1.89 bits per heavy atom. The molecular formula is C20H24N2O4S. The van der Waals surface area contributed by atoms with Crippen LogP contribution in [0.5, 0.6) is 5.75 Å². The Hall–Kier alpha value is -2.67. The SMILES string of the molecule is CCN(CC(=O)Nc1ccccc1OC)C(=O)c1cccc(CS(C)=O)c1. The lowest BCUT2D eigenvalue weighted by Gasteiger charge is -2.21. The molecule has 27 heavy (non-hydrogen) atoms. The Morgan fingerprint density at radius 3 is 2.56 bits per heavy atom. The summed E-state index contributed by atoms with van der Waals surface area (Å²) >= 11 is 0. The summed E-state index contributed by atoms with van der Waals surface area (Å²) in [5.41, 5.74) is 1.86. The lowest BCUT2D eigenvalue weighted by Crippen LogP contribution is -2.38. The summed E-state index contributed by atoms with van der Waals surface area (Å²) in [6.07, 6.45) is 1.62. The summed E-state index contributed by atoms with van der Waals surface area (Å²) in [7, 11) is 0.544. The van der Waals surface area contributed by atoms with Gasteiger partial charge in [-0.15, -0.1) is 0 Å². The molecule has 0 aromatic heterocycles. The molecule has 144 valence electrons. The highest BCUT2D eigenvalue weighted by molar-refractivity contribution is 7.83. The molecule has 0 aliphatic carbocycles. The van der Waals surface area contributed by atoms with Crippen LogP contribution in [0, 0.1) is 0 Å². The number of hydrogen-bond donors (Lipinski definition) is 1. The van der Waals surface area contributed by atoms with E-state index in [1.165, 1.54) is 12.0 Å². The average Bonchev–Trinajstić information content (AvgIpc) is 2.65. The third kappa shape index (κ3) is 5.92. The van der Waals surface area contributed by atoms with Crippen LogP contribution in [0.25, 0.3) is 0 Å². The summed E-state index contributed by atoms with van der Waals surface area (Å²) in [5, 5.41) is 2.77. The van der Waals surface area contributed by atoms with Crippen LogP contribution in [0.1, 0.15) is 22.8 Å².